The van der Waals surface area contributed by atoms with Crippen LogP contribution in [0.1, 0.15) is 15.2 Å². The maximum absolute atomic E-state index is 11.8. The van der Waals surface area contributed by atoms with Gasteiger partial charge in [-0.15, -0.1) is 11.3 Å². The summed E-state index contributed by atoms with van der Waals surface area (Å²) in [7, 11) is 0. The summed E-state index contributed by atoms with van der Waals surface area (Å²) in [5.41, 5.74) is 0.550. The van der Waals surface area contributed by atoms with Gasteiger partial charge < -0.3 is 5.32 Å². The summed E-state index contributed by atoms with van der Waals surface area (Å²) in [5.74, 6) is -0.119. The zero-order valence-electron chi connectivity index (χ0n) is 9.32. The number of carbonyl (C=O) groups excluding carboxylic acids is 1. The van der Waals surface area contributed by atoms with Gasteiger partial charge in [-0.3, -0.25) is 9.78 Å². The highest BCUT2D eigenvalue weighted by Crippen LogP contribution is 2.21. The minimum absolute atomic E-state index is 0.119. The molecule has 94 valence electrons. The van der Waals surface area contributed by atoms with E-state index < -0.39 is 0 Å². The Hall–Kier alpha value is -0.910. The van der Waals surface area contributed by atoms with Crippen LogP contribution in [0.4, 0.5) is 0 Å². The number of nitrogens with one attached hydrogen (secondary N) is 1. The van der Waals surface area contributed by atoms with Crippen LogP contribution in [0.5, 0.6) is 0 Å². The van der Waals surface area contributed by atoms with Crippen molar-refractivity contribution >= 4 is 44.8 Å². The highest BCUT2D eigenvalue weighted by Gasteiger charge is 2.06. The van der Waals surface area contributed by atoms with E-state index in [-0.39, 0.29) is 5.91 Å². The average Bonchev–Trinajstić information content (AvgIpc) is 2.75. The van der Waals surface area contributed by atoms with Crippen LogP contribution in [0.2, 0.25) is 4.34 Å². The number of hydrogen-bond donors (Lipinski definition) is 1. The molecular weight excluding hydrogens is 336 g/mol. The summed E-state index contributed by atoms with van der Waals surface area (Å²) in [4.78, 5) is 16.9. The van der Waals surface area contributed by atoms with Gasteiger partial charge in [0.1, 0.15) is 0 Å². The van der Waals surface area contributed by atoms with E-state index in [9.17, 15) is 4.79 Å². The van der Waals surface area contributed by atoms with Crippen molar-refractivity contribution in [1.29, 1.82) is 0 Å². The molecular formula is C12H10BrClN2OS. The fraction of sp³-hybridized carbons (Fsp3) is 0.167. The van der Waals surface area contributed by atoms with E-state index in [1.165, 1.54) is 11.3 Å². The van der Waals surface area contributed by atoms with Gasteiger partial charge in [0, 0.05) is 28.3 Å². The summed E-state index contributed by atoms with van der Waals surface area (Å²) >= 11 is 10.6. The molecule has 0 atom stereocenters. The summed E-state index contributed by atoms with van der Waals surface area (Å²) in [5, 5.41) is 2.85. The molecule has 0 aliphatic carbocycles. The van der Waals surface area contributed by atoms with Crippen molar-refractivity contribution in [3.05, 3.63) is 49.8 Å². The Morgan fingerprint density at radius 1 is 1.44 bits per heavy atom. The molecule has 0 radical (unpaired) electrons. The lowest BCUT2D eigenvalue weighted by Gasteiger charge is -2.04. The smallest absolute Gasteiger partial charge is 0.252 e. The van der Waals surface area contributed by atoms with Gasteiger partial charge in [0.05, 0.1) is 9.90 Å². The molecule has 2 heterocycles. The van der Waals surface area contributed by atoms with Crippen molar-refractivity contribution in [2.75, 3.05) is 6.54 Å². The molecule has 1 N–H and O–H groups in total. The van der Waals surface area contributed by atoms with Crippen LogP contribution in [-0.2, 0) is 6.42 Å². The summed E-state index contributed by atoms with van der Waals surface area (Å²) in [6, 6.07) is 5.58. The second kappa shape index (κ2) is 6.31. The molecule has 0 bridgehead atoms. The number of thiophene rings is 1. The monoisotopic (exact) mass is 344 g/mol. The van der Waals surface area contributed by atoms with E-state index in [1.807, 2.05) is 12.1 Å². The van der Waals surface area contributed by atoms with Crippen LogP contribution >= 0.6 is 38.9 Å². The maximum atomic E-state index is 11.8. The molecule has 0 aliphatic rings. The minimum atomic E-state index is -0.119. The first-order chi connectivity index (χ1) is 8.65. The van der Waals surface area contributed by atoms with Crippen LogP contribution in [0.15, 0.2) is 35.1 Å². The van der Waals surface area contributed by atoms with E-state index in [0.717, 1.165) is 20.1 Å². The Bertz CT molecular complexity index is 559. The first kappa shape index (κ1) is 13.5. The number of nitrogens with zero attached hydrogens (tertiary/aromatic N) is 1. The van der Waals surface area contributed by atoms with Crippen LogP contribution in [0.25, 0.3) is 0 Å². The van der Waals surface area contributed by atoms with Gasteiger partial charge in [-0.2, -0.15) is 0 Å². The fourth-order valence-electron chi connectivity index (χ4n) is 1.42. The molecule has 6 heteroatoms. The van der Waals surface area contributed by atoms with Gasteiger partial charge in [0.25, 0.3) is 5.91 Å². The summed E-state index contributed by atoms with van der Waals surface area (Å²) in [6.45, 7) is 0.586. The highest BCUT2D eigenvalue weighted by molar-refractivity contribution is 9.10. The van der Waals surface area contributed by atoms with Crippen molar-refractivity contribution in [3.8, 4) is 0 Å². The lowest BCUT2D eigenvalue weighted by molar-refractivity contribution is 0.0954. The Labute approximate surface area is 122 Å². The number of amides is 1. The third-order valence-corrected chi connectivity index (χ3v) is 3.98. The van der Waals surface area contributed by atoms with Gasteiger partial charge in [-0.05, 0) is 40.5 Å². The van der Waals surface area contributed by atoms with Crippen molar-refractivity contribution < 1.29 is 4.79 Å². The van der Waals surface area contributed by atoms with Gasteiger partial charge >= 0.3 is 0 Å². The van der Waals surface area contributed by atoms with Crippen LogP contribution < -0.4 is 5.32 Å². The molecule has 0 spiro atoms. The normalized spacial score (nSPS) is 10.3. The number of pyridine rings is 1. The Balaban J connectivity index is 1.85. The van der Waals surface area contributed by atoms with E-state index in [1.54, 1.807) is 18.5 Å². The first-order valence-electron chi connectivity index (χ1n) is 5.28. The van der Waals surface area contributed by atoms with Crippen molar-refractivity contribution in [3.63, 3.8) is 0 Å². The van der Waals surface area contributed by atoms with Crippen molar-refractivity contribution in [1.82, 2.24) is 10.3 Å². The molecule has 0 aliphatic heterocycles. The molecule has 2 aromatic heterocycles. The Kier molecular flexibility index (Phi) is 4.74. The zero-order chi connectivity index (χ0) is 13.0. The Morgan fingerprint density at radius 3 is 2.94 bits per heavy atom. The lowest BCUT2D eigenvalue weighted by atomic mass is 10.2. The molecule has 1 amide bonds. The highest BCUT2D eigenvalue weighted by atomic mass is 79.9. The SMILES string of the molecule is O=C(NCCc1ccc(Cl)s1)c1cncc(Br)c1. The van der Waals surface area contributed by atoms with Crippen LogP contribution in [-0.4, -0.2) is 17.4 Å². The first-order valence-corrected chi connectivity index (χ1v) is 7.27. The molecule has 0 unspecified atom stereocenters. The lowest BCUT2D eigenvalue weighted by Crippen LogP contribution is -2.25. The second-order valence-electron chi connectivity index (χ2n) is 3.60. The summed E-state index contributed by atoms with van der Waals surface area (Å²) in [6.07, 6.45) is 3.97. The van der Waals surface area contributed by atoms with Gasteiger partial charge in [-0.1, -0.05) is 11.6 Å². The third kappa shape index (κ3) is 3.80. The molecule has 0 aromatic carbocycles. The maximum Gasteiger partial charge on any atom is 0.252 e. The van der Waals surface area contributed by atoms with Crippen LogP contribution in [0, 0.1) is 0 Å². The van der Waals surface area contributed by atoms with Crippen molar-refractivity contribution in [2.45, 2.75) is 6.42 Å². The van der Waals surface area contributed by atoms with Gasteiger partial charge in [-0.25, -0.2) is 0 Å². The van der Waals surface area contributed by atoms with Gasteiger partial charge in [0.15, 0.2) is 0 Å². The predicted molar refractivity (Wildman–Crippen MR) is 77.3 cm³/mol. The molecule has 18 heavy (non-hydrogen) atoms. The zero-order valence-corrected chi connectivity index (χ0v) is 12.5. The third-order valence-electron chi connectivity index (χ3n) is 2.25. The largest absolute Gasteiger partial charge is 0.352 e. The number of hydrogen-bond acceptors (Lipinski definition) is 3. The molecule has 2 aromatic rings. The molecule has 2 rings (SSSR count). The molecule has 0 saturated heterocycles. The molecule has 3 nitrogen and oxygen atoms in total. The standard InChI is InChI=1S/C12H10BrClN2OS/c13-9-5-8(6-15-7-9)12(17)16-4-3-10-1-2-11(14)18-10/h1-2,5-7H,3-4H2,(H,16,17). The van der Waals surface area contributed by atoms with E-state index >= 15 is 0 Å². The number of halogens is 2. The predicted octanol–water partition coefficient (Wildman–Crippen LogP) is 3.53. The number of aromatic nitrogens is 1. The fourth-order valence-corrected chi connectivity index (χ4v) is 2.88. The van der Waals surface area contributed by atoms with E-state index in [0.29, 0.717) is 12.1 Å². The topological polar surface area (TPSA) is 42.0 Å². The summed E-state index contributed by atoms with van der Waals surface area (Å²) < 4.78 is 1.56. The van der Waals surface area contributed by atoms with Gasteiger partial charge in [0.2, 0.25) is 0 Å². The van der Waals surface area contributed by atoms with Crippen LogP contribution in [0.3, 0.4) is 0 Å². The molecule has 0 fully saturated rings. The van der Waals surface area contributed by atoms with E-state index in [4.69, 9.17) is 11.6 Å². The number of rotatable bonds is 4. The quantitative estimate of drug-likeness (QED) is 0.921. The van der Waals surface area contributed by atoms with Crippen molar-refractivity contribution in [2.24, 2.45) is 0 Å². The number of carbonyl (C=O) groups is 1. The molecule has 0 saturated carbocycles. The second-order valence-corrected chi connectivity index (χ2v) is 6.32. The van der Waals surface area contributed by atoms with E-state index in [2.05, 4.69) is 26.2 Å². The minimum Gasteiger partial charge on any atom is -0.352 e. The Morgan fingerprint density at radius 2 is 2.28 bits per heavy atom. The average molecular weight is 346 g/mol.